The van der Waals surface area contributed by atoms with Gasteiger partial charge < -0.3 is 15.4 Å². The van der Waals surface area contributed by atoms with Crippen LogP contribution in [0.2, 0.25) is 0 Å². The lowest BCUT2D eigenvalue weighted by molar-refractivity contribution is -0.143. The standard InChI is InChI=1S/C20H23BrN2O3/c1-4-26-20(25)14(3)22-18-11-10-16(21)12-17(18)19(24)23-13(2)15-8-6-5-7-9-15/h5-14,22H,4H2,1-3H3,(H,23,24)/t13-,14-/m0/s1. The van der Waals surface area contributed by atoms with Crippen molar-refractivity contribution in [2.24, 2.45) is 0 Å². The molecule has 2 aromatic carbocycles. The Morgan fingerprint density at radius 1 is 1.12 bits per heavy atom. The van der Waals surface area contributed by atoms with Crippen LogP contribution in [0.4, 0.5) is 5.69 Å². The molecule has 1 amide bonds. The lowest BCUT2D eigenvalue weighted by Gasteiger charge is -2.19. The first-order chi connectivity index (χ1) is 12.4. The zero-order valence-corrected chi connectivity index (χ0v) is 16.7. The average molecular weight is 419 g/mol. The minimum Gasteiger partial charge on any atom is -0.464 e. The molecule has 0 saturated carbocycles. The fourth-order valence-corrected chi connectivity index (χ4v) is 2.85. The first kappa shape index (κ1) is 20.0. The molecule has 138 valence electrons. The smallest absolute Gasteiger partial charge is 0.328 e. The van der Waals surface area contributed by atoms with Gasteiger partial charge in [-0.2, -0.15) is 0 Å². The molecule has 2 atom stereocenters. The van der Waals surface area contributed by atoms with Crippen LogP contribution in [-0.4, -0.2) is 24.5 Å². The lowest BCUT2D eigenvalue weighted by Crippen LogP contribution is -2.31. The molecule has 0 fully saturated rings. The van der Waals surface area contributed by atoms with Crippen LogP contribution < -0.4 is 10.6 Å². The quantitative estimate of drug-likeness (QED) is 0.657. The fourth-order valence-electron chi connectivity index (χ4n) is 2.49. The third kappa shape index (κ3) is 5.33. The molecule has 26 heavy (non-hydrogen) atoms. The molecule has 0 radical (unpaired) electrons. The molecule has 0 aromatic heterocycles. The van der Waals surface area contributed by atoms with Crippen molar-refractivity contribution in [3.05, 3.63) is 64.1 Å². The number of halogens is 1. The highest BCUT2D eigenvalue weighted by atomic mass is 79.9. The van der Waals surface area contributed by atoms with Crippen LogP contribution in [0.15, 0.2) is 53.0 Å². The van der Waals surface area contributed by atoms with Gasteiger partial charge in [0.1, 0.15) is 6.04 Å². The van der Waals surface area contributed by atoms with Crippen molar-refractivity contribution in [1.82, 2.24) is 5.32 Å². The van der Waals surface area contributed by atoms with Crippen molar-refractivity contribution in [2.45, 2.75) is 32.9 Å². The van der Waals surface area contributed by atoms with Gasteiger partial charge in [0, 0.05) is 10.2 Å². The number of hydrogen-bond acceptors (Lipinski definition) is 4. The maximum atomic E-state index is 12.8. The minimum atomic E-state index is -0.561. The summed E-state index contributed by atoms with van der Waals surface area (Å²) in [6, 6.07) is 14.3. The number of hydrogen-bond donors (Lipinski definition) is 2. The summed E-state index contributed by atoms with van der Waals surface area (Å²) in [4.78, 5) is 24.7. The second-order valence-electron chi connectivity index (χ2n) is 5.91. The number of esters is 1. The number of ether oxygens (including phenoxy) is 1. The van der Waals surface area contributed by atoms with Gasteiger partial charge in [-0.25, -0.2) is 4.79 Å². The highest BCUT2D eigenvalue weighted by molar-refractivity contribution is 9.10. The van der Waals surface area contributed by atoms with Gasteiger partial charge in [-0.3, -0.25) is 4.79 Å². The van der Waals surface area contributed by atoms with Crippen molar-refractivity contribution in [1.29, 1.82) is 0 Å². The topological polar surface area (TPSA) is 67.4 Å². The Morgan fingerprint density at radius 3 is 2.46 bits per heavy atom. The van der Waals surface area contributed by atoms with E-state index in [1.54, 1.807) is 26.0 Å². The molecule has 2 aromatic rings. The zero-order valence-electron chi connectivity index (χ0n) is 15.1. The van der Waals surface area contributed by atoms with Crippen LogP contribution in [0.5, 0.6) is 0 Å². The molecule has 0 spiro atoms. The number of rotatable bonds is 7. The number of carbonyl (C=O) groups is 2. The number of benzene rings is 2. The number of anilines is 1. The van der Waals surface area contributed by atoms with Crippen molar-refractivity contribution < 1.29 is 14.3 Å². The Kier molecular flexibility index (Phi) is 7.21. The lowest BCUT2D eigenvalue weighted by atomic mass is 10.1. The van der Waals surface area contributed by atoms with Gasteiger partial charge in [0.25, 0.3) is 5.91 Å². The van der Waals surface area contributed by atoms with Crippen molar-refractivity contribution in [3.63, 3.8) is 0 Å². The van der Waals surface area contributed by atoms with Gasteiger partial charge in [-0.1, -0.05) is 46.3 Å². The second-order valence-corrected chi connectivity index (χ2v) is 6.83. The molecule has 0 saturated heterocycles. The summed E-state index contributed by atoms with van der Waals surface area (Å²) in [5, 5.41) is 6.05. The predicted octanol–water partition coefficient (Wildman–Crippen LogP) is 4.30. The van der Waals surface area contributed by atoms with E-state index in [-0.39, 0.29) is 17.9 Å². The molecule has 0 aliphatic rings. The molecule has 0 aliphatic carbocycles. The first-order valence-electron chi connectivity index (χ1n) is 8.51. The van der Waals surface area contributed by atoms with E-state index >= 15 is 0 Å². The third-order valence-electron chi connectivity index (χ3n) is 3.89. The Balaban J connectivity index is 2.18. The van der Waals surface area contributed by atoms with Crippen LogP contribution in [0, 0.1) is 0 Å². The SMILES string of the molecule is CCOC(=O)[C@H](C)Nc1ccc(Br)cc1C(=O)N[C@@H](C)c1ccccc1. The monoisotopic (exact) mass is 418 g/mol. The first-order valence-corrected chi connectivity index (χ1v) is 9.30. The number of amides is 1. The van der Waals surface area contributed by atoms with Crippen LogP contribution in [-0.2, 0) is 9.53 Å². The Bertz CT molecular complexity index is 765. The fraction of sp³-hybridized carbons (Fsp3) is 0.300. The summed E-state index contributed by atoms with van der Waals surface area (Å²) in [6.45, 7) is 5.70. The van der Waals surface area contributed by atoms with Gasteiger partial charge in [0.2, 0.25) is 0 Å². The van der Waals surface area contributed by atoms with E-state index in [9.17, 15) is 9.59 Å². The van der Waals surface area contributed by atoms with Gasteiger partial charge in [0.15, 0.2) is 0 Å². The molecule has 6 heteroatoms. The number of nitrogens with one attached hydrogen (secondary N) is 2. The summed E-state index contributed by atoms with van der Waals surface area (Å²) in [6.07, 6.45) is 0. The molecule has 0 heterocycles. The van der Waals surface area contributed by atoms with E-state index in [1.807, 2.05) is 43.3 Å². The molecule has 2 rings (SSSR count). The van der Waals surface area contributed by atoms with Crippen LogP contribution >= 0.6 is 15.9 Å². The molecule has 0 bridgehead atoms. The van der Waals surface area contributed by atoms with E-state index in [4.69, 9.17) is 4.74 Å². The Hall–Kier alpha value is -2.34. The van der Waals surface area contributed by atoms with E-state index < -0.39 is 6.04 Å². The number of carbonyl (C=O) groups excluding carboxylic acids is 2. The summed E-state index contributed by atoms with van der Waals surface area (Å²) >= 11 is 3.40. The minimum absolute atomic E-state index is 0.141. The van der Waals surface area contributed by atoms with E-state index in [1.165, 1.54) is 0 Å². The third-order valence-corrected chi connectivity index (χ3v) is 4.38. The molecule has 0 unspecified atom stereocenters. The molecular weight excluding hydrogens is 396 g/mol. The van der Waals surface area contributed by atoms with Gasteiger partial charge in [-0.05, 0) is 44.5 Å². The maximum Gasteiger partial charge on any atom is 0.328 e. The zero-order chi connectivity index (χ0) is 19.1. The predicted molar refractivity (Wildman–Crippen MR) is 106 cm³/mol. The normalized spacial score (nSPS) is 12.8. The van der Waals surface area contributed by atoms with E-state index in [0.29, 0.717) is 17.9 Å². The molecule has 5 nitrogen and oxygen atoms in total. The van der Waals surface area contributed by atoms with Crippen LogP contribution in [0.1, 0.15) is 42.7 Å². The van der Waals surface area contributed by atoms with Crippen molar-refractivity contribution in [3.8, 4) is 0 Å². The molecular formula is C20H23BrN2O3. The van der Waals surface area contributed by atoms with Gasteiger partial charge in [-0.15, -0.1) is 0 Å². The highest BCUT2D eigenvalue weighted by Gasteiger charge is 2.19. The summed E-state index contributed by atoms with van der Waals surface area (Å²) in [5.74, 6) is -0.583. The average Bonchev–Trinajstić information content (AvgIpc) is 2.63. The maximum absolute atomic E-state index is 12.8. The highest BCUT2D eigenvalue weighted by Crippen LogP contribution is 2.23. The molecule has 0 aliphatic heterocycles. The van der Waals surface area contributed by atoms with Crippen molar-refractivity contribution in [2.75, 3.05) is 11.9 Å². The van der Waals surface area contributed by atoms with Gasteiger partial charge >= 0.3 is 5.97 Å². The van der Waals surface area contributed by atoms with Crippen molar-refractivity contribution >= 4 is 33.5 Å². The van der Waals surface area contributed by atoms with Crippen LogP contribution in [0.25, 0.3) is 0 Å². The molecule has 2 N–H and O–H groups in total. The van der Waals surface area contributed by atoms with E-state index in [0.717, 1.165) is 10.0 Å². The Morgan fingerprint density at radius 2 is 1.81 bits per heavy atom. The van der Waals surface area contributed by atoms with Gasteiger partial charge in [0.05, 0.1) is 18.2 Å². The van der Waals surface area contributed by atoms with E-state index in [2.05, 4.69) is 26.6 Å². The summed E-state index contributed by atoms with van der Waals surface area (Å²) < 4.78 is 5.79. The largest absolute Gasteiger partial charge is 0.464 e. The van der Waals surface area contributed by atoms with Crippen LogP contribution in [0.3, 0.4) is 0 Å². The summed E-state index contributed by atoms with van der Waals surface area (Å²) in [7, 11) is 0. The Labute approximate surface area is 162 Å². The summed E-state index contributed by atoms with van der Waals surface area (Å²) in [5.41, 5.74) is 2.05. The second kappa shape index (κ2) is 9.38.